The van der Waals surface area contributed by atoms with E-state index in [1.807, 2.05) is 12.1 Å². The summed E-state index contributed by atoms with van der Waals surface area (Å²) in [6.45, 7) is 6.05. The van der Waals surface area contributed by atoms with Crippen LogP contribution in [0.25, 0.3) is 0 Å². The first-order chi connectivity index (χ1) is 7.85. The molecule has 1 heterocycles. The first-order valence-electron chi connectivity index (χ1n) is 5.86. The van der Waals surface area contributed by atoms with Crippen molar-refractivity contribution in [3.05, 3.63) is 48.6 Å². The van der Waals surface area contributed by atoms with Crippen molar-refractivity contribution in [2.24, 2.45) is 5.92 Å². The van der Waals surface area contributed by atoms with Crippen molar-refractivity contribution in [3.63, 3.8) is 0 Å². The summed E-state index contributed by atoms with van der Waals surface area (Å²) in [6.07, 6.45) is 3.09. The van der Waals surface area contributed by atoms with Crippen molar-refractivity contribution < 1.29 is 5.11 Å². The van der Waals surface area contributed by atoms with Crippen LogP contribution in [-0.4, -0.2) is 29.2 Å². The van der Waals surface area contributed by atoms with Gasteiger partial charge < -0.3 is 5.11 Å². The third kappa shape index (κ3) is 2.34. The summed E-state index contributed by atoms with van der Waals surface area (Å²) in [5, 5.41) is 9.43. The van der Waals surface area contributed by atoms with Crippen molar-refractivity contribution >= 4 is 0 Å². The van der Waals surface area contributed by atoms with Crippen LogP contribution in [0.5, 0.6) is 0 Å². The zero-order valence-electron chi connectivity index (χ0n) is 9.55. The van der Waals surface area contributed by atoms with Crippen LogP contribution in [-0.2, 0) is 6.54 Å². The van der Waals surface area contributed by atoms with E-state index in [9.17, 15) is 5.11 Å². The fraction of sp³-hybridized carbons (Fsp3) is 0.429. The Balaban J connectivity index is 2.03. The monoisotopic (exact) mass is 217 g/mol. The highest BCUT2D eigenvalue weighted by Crippen LogP contribution is 2.26. The standard InChI is InChI=1S/C14H19NO/c1-2-13-8-9-15(14(13)11-16)10-12-6-4-3-5-7-12/h2-7,13-14,16H,1,8-11H2/t13-,14+/m0/s1. The molecule has 0 spiro atoms. The summed E-state index contributed by atoms with van der Waals surface area (Å²) in [7, 11) is 0. The van der Waals surface area contributed by atoms with E-state index in [1.54, 1.807) is 0 Å². The molecule has 1 fully saturated rings. The van der Waals surface area contributed by atoms with E-state index in [0.717, 1.165) is 19.5 Å². The van der Waals surface area contributed by atoms with Crippen LogP contribution < -0.4 is 0 Å². The molecule has 0 radical (unpaired) electrons. The smallest absolute Gasteiger partial charge is 0.0592 e. The van der Waals surface area contributed by atoms with E-state index >= 15 is 0 Å². The van der Waals surface area contributed by atoms with Crippen LogP contribution in [0.1, 0.15) is 12.0 Å². The van der Waals surface area contributed by atoms with Gasteiger partial charge >= 0.3 is 0 Å². The second-order valence-corrected chi connectivity index (χ2v) is 4.39. The molecule has 1 saturated heterocycles. The Morgan fingerprint density at radius 1 is 1.38 bits per heavy atom. The average Bonchev–Trinajstić information content (AvgIpc) is 2.72. The molecule has 2 nitrogen and oxygen atoms in total. The van der Waals surface area contributed by atoms with Gasteiger partial charge in [0.2, 0.25) is 0 Å². The minimum absolute atomic E-state index is 0.226. The molecule has 1 aromatic rings. The zero-order chi connectivity index (χ0) is 11.4. The second-order valence-electron chi connectivity index (χ2n) is 4.39. The maximum absolute atomic E-state index is 9.43. The number of likely N-dealkylation sites (tertiary alicyclic amines) is 1. The number of benzene rings is 1. The van der Waals surface area contributed by atoms with Gasteiger partial charge in [0, 0.05) is 12.6 Å². The lowest BCUT2D eigenvalue weighted by Crippen LogP contribution is -2.34. The van der Waals surface area contributed by atoms with Crippen LogP contribution in [0.15, 0.2) is 43.0 Å². The van der Waals surface area contributed by atoms with E-state index in [0.29, 0.717) is 5.92 Å². The molecule has 1 aliphatic heterocycles. The fourth-order valence-corrected chi connectivity index (χ4v) is 2.48. The molecule has 0 amide bonds. The maximum Gasteiger partial charge on any atom is 0.0592 e. The number of aliphatic hydroxyl groups is 1. The molecule has 0 bridgehead atoms. The molecular weight excluding hydrogens is 198 g/mol. The highest BCUT2D eigenvalue weighted by molar-refractivity contribution is 5.15. The van der Waals surface area contributed by atoms with Gasteiger partial charge in [0.25, 0.3) is 0 Å². The van der Waals surface area contributed by atoms with Gasteiger partial charge in [-0.3, -0.25) is 4.90 Å². The van der Waals surface area contributed by atoms with E-state index in [4.69, 9.17) is 0 Å². The summed E-state index contributed by atoms with van der Waals surface area (Å²) in [4.78, 5) is 2.35. The quantitative estimate of drug-likeness (QED) is 0.780. The lowest BCUT2D eigenvalue weighted by atomic mass is 10.0. The Morgan fingerprint density at radius 2 is 2.12 bits per heavy atom. The number of hydrogen-bond acceptors (Lipinski definition) is 2. The largest absolute Gasteiger partial charge is 0.395 e. The Bertz CT molecular complexity index is 336. The van der Waals surface area contributed by atoms with Gasteiger partial charge in [-0.25, -0.2) is 0 Å². The van der Waals surface area contributed by atoms with Gasteiger partial charge in [-0.05, 0) is 24.4 Å². The Hall–Kier alpha value is -1.12. The van der Waals surface area contributed by atoms with Gasteiger partial charge in [-0.2, -0.15) is 0 Å². The van der Waals surface area contributed by atoms with Crippen molar-refractivity contribution in [1.82, 2.24) is 4.90 Å². The van der Waals surface area contributed by atoms with Crippen LogP contribution in [0.2, 0.25) is 0 Å². The van der Waals surface area contributed by atoms with Gasteiger partial charge in [-0.1, -0.05) is 36.4 Å². The van der Waals surface area contributed by atoms with Gasteiger partial charge in [0.05, 0.1) is 6.61 Å². The molecule has 2 rings (SSSR count). The molecular formula is C14H19NO. The van der Waals surface area contributed by atoms with Crippen LogP contribution in [0.4, 0.5) is 0 Å². The molecule has 1 aromatic carbocycles. The van der Waals surface area contributed by atoms with Crippen molar-refractivity contribution in [3.8, 4) is 0 Å². The van der Waals surface area contributed by atoms with Crippen LogP contribution in [0.3, 0.4) is 0 Å². The number of rotatable bonds is 4. The average molecular weight is 217 g/mol. The maximum atomic E-state index is 9.43. The lowest BCUT2D eigenvalue weighted by Gasteiger charge is -2.25. The first kappa shape index (κ1) is 11.4. The highest BCUT2D eigenvalue weighted by atomic mass is 16.3. The summed E-state index contributed by atoms with van der Waals surface area (Å²) in [5.41, 5.74) is 1.31. The molecule has 0 unspecified atom stereocenters. The minimum Gasteiger partial charge on any atom is -0.395 e. The third-order valence-corrected chi connectivity index (χ3v) is 3.43. The predicted molar refractivity (Wildman–Crippen MR) is 66.0 cm³/mol. The molecule has 2 heteroatoms. The van der Waals surface area contributed by atoms with Crippen molar-refractivity contribution in [1.29, 1.82) is 0 Å². The highest BCUT2D eigenvalue weighted by Gasteiger charge is 2.31. The summed E-state index contributed by atoms with van der Waals surface area (Å²) in [6, 6.07) is 10.7. The second kappa shape index (κ2) is 5.28. The molecule has 0 saturated carbocycles. The number of nitrogens with zero attached hydrogens (tertiary/aromatic N) is 1. The molecule has 0 aromatic heterocycles. The molecule has 2 atom stereocenters. The topological polar surface area (TPSA) is 23.5 Å². The lowest BCUT2D eigenvalue weighted by molar-refractivity contribution is 0.140. The van der Waals surface area contributed by atoms with Gasteiger partial charge in [0.1, 0.15) is 0 Å². The van der Waals surface area contributed by atoms with E-state index in [1.165, 1.54) is 5.56 Å². The summed E-state index contributed by atoms with van der Waals surface area (Å²) >= 11 is 0. The van der Waals surface area contributed by atoms with Crippen LogP contribution >= 0.6 is 0 Å². The predicted octanol–water partition coefficient (Wildman–Crippen LogP) is 2.06. The number of aliphatic hydroxyl groups excluding tert-OH is 1. The zero-order valence-corrected chi connectivity index (χ0v) is 9.55. The molecule has 1 aliphatic rings. The van der Waals surface area contributed by atoms with Crippen LogP contribution in [0, 0.1) is 5.92 Å². The van der Waals surface area contributed by atoms with E-state index < -0.39 is 0 Å². The minimum atomic E-state index is 0.226. The first-order valence-corrected chi connectivity index (χ1v) is 5.86. The van der Waals surface area contributed by atoms with Gasteiger partial charge in [0.15, 0.2) is 0 Å². The van der Waals surface area contributed by atoms with Crippen molar-refractivity contribution in [2.75, 3.05) is 13.2 Å². The van der Waals surface area contributed by atoms with Gasteiger partial charge in [-0.15, -0.1) is 6.58 Å². The molecule has 86 valence electrons. The Kier molecular flexibility index (Phi) is 3.75. The van der Waals surface area contributed by atoms with E-state index in [-0.39, 0.29) is 12.6 Å². The Labute approximate surface area is 97.2 Å². The SMILES string of the molecule is C=C[C@H]1CCN(Cc2ccccc2)[C@@H]1CO. The number of hydrogen-bond donors (Lipinski definition) is 1. The third-order valence-electron chi connectivity index (χ3n) is 3.43. The normalized spacial score (nSPS) is 25.8. The van der Waals surface area contributed by atoms with E-state index in [2.05, 4.69) is 35.7 Å². The summed E-state index contributed by atoms with van der Waals surface area (Å²) in [5.74, 6) is 0.439. The Morgan fingerprint density at radius 3 is 2.75 bits per heavy atom. The fourth-order valence-electron chi connectivity index (χ4n) is 2.48. The van der Waals surface area contributed by atoms with Crippen molar-refractivity contribution in [2.45, 2.75) is 19.0 Å². The molecule has 16 heavy (non-hydrogen) atoms. The summed E-state index contributed by atoms with van der Waals surface area (Å²) < 4.78 is 0. The molecule has 0 aliphatic carbocycles. The molecule has 1 N–H and O–H groups in total.